The van der Waals surface area contributed by atoms with Crippen molar-refractivity contribution in [1.29, 1.82) is 0 Å². The van der Waals surface area contributed by atoms with E-state index in [4.69, 9.17) is 4.98 Å². The number of anilines is 1. The van der Waals surface area contributed by atoms with Gasteiger partial charge in [-0.3, -0.25) is 0 Å². The normalized spacial score (nSPS) is 13.3. The fraction of sp³-hybridized carbons (Fsp3) is 0.786. The Morgan fingerprint density at radius 2 is 2.00 bits per heavy atom. The zero-order valence-corrected chi connectivity index (χ0v) is 13.9. The maximum atomic E-state index is 4.75. The highest BCUT2D eigenvalue weighted by atomic mass is 32.1. The molecule has 0 saturated heterocycles. The summed E-state index contributed by atoms with van der Waals surface area (Å²) in [7, 11) is 4.23. The van der Waals surface area contributed by atoms with E-state index in [9.17, 15) is 0 Å². The lowest BCUT2D eigenvalue weighted by atomic mass is 10.3. The third-order valence-corrected chi connectivity index (χ3v) is 3.91. The van der Waals surface area contributed by atoms with Gasteiger partial charge in [0.05, 0.1) is 5.69 Å². The van der Waals surface area contributed by atoms with Crippen molar-refractivity contribution in [3.8, 4) is 0 Å². The highest BCUT2D eigenvalue weighted by molar-refractivity contribution is 7.13. The summed E-state index contributed by atoms with van der Waals surface area (Å²) >= 11 is 1.75. The molecule has 1 rings (SSSR count). The number of aromatic nitrogens is 1. The molecule has 1 unspecified atom stereocenters. The molecule has 0 bridgehead atoms. The van der Waals surface area contributed by atoms with Gasteiger partial charge in [0.2, 0.25) is 0 Å². The van der Waals surface area contributed by atoms with E-state index in [1.807, 2.05) is 0 Å². The van der Waals surface area contributed by atoms with Crippen LogP contribution < -0.4 is 10.2 Å². The number of rotatable bonds is 8. The van der Waals surface area contributed by atoms with Gasteiger partial charge in [-0.05, 0) is 27.9 Å². The van der Waals surface area contributed by atoms with Crippen LogP contribution >= 0.6 is 11.3 Å². The van der Waals surface area contributed by atoms with Crippen LogP contribution in [0.4, 0.5) is 5.13 Å². The molecule has 5 heteroatoms. The molecule has 0 amide bonds. The van der Waals surface area contributed by atoms with Gasteiger partial charge in [0.15, 0.2) is 5.13 Å². The molecule has 0 aliphatic rings. The van der Waals surface area contributed by atoms with Crippen molar-refractivity contribution in [2.75, 3.05) is 32.1 Å². The minimum Gasteiger partial charge on any atom is -0.344 e. The van der Waals surface area contributed by atoms with Crippen molar-refractivity contribution < 1.29 is 0 Å². The van der Waals surface area contributed by atoms with Crippen molar-refractivity contribution >= 4 is 16.5 Å². The molecule has 1 aromatic heterocycles. The van der Waals surface area contributed by atoms with Crippen molar-refractivity contribution in [2.45, 2.75) is 46.3 Å². The van der Waals surface area contributed by atoms with E-state index < -0.39 is 0 Å². The van der Waals surface area contributed by atoms with E-state index in [2.05, 4.69) is 62.3 Å². The summed E-state index contributed by atoms with van der Waals surface area (Å²) in [6.07, 6.45) is 0. The van der Waals surface area contributed by atoms with Crippen LogP contribution in [0.2, 0.25) is 0 Å². The Kier molecular flexibility index (Phi) is 6.75. The zero-order valence-electron chi connectivity index (χ0n) is 13.1. The van der Waals surface area contributed by atoms with Gasteiger partial charge in [0.1, 0.15) is 0 Å². The van der Waals surface area contributed by atoms with Crippen molar-refractivity contribution in [3.05, 3.63) is 11.1 Å². The first kappa shape index (κ1) is 16.4. The molecule has 1 aromatic rings. The Labute approximate surface area is 121 Å². The number of hydrogen-bond acceptors (Lipinski definition) is 5. The number of hydrogen-bond donors (Lipinski definition) is 1. The Morgan fingerprint density at radius 1 is 1.32 bits per heavy atom. The smallest absolute Gasteiger partial charge is 0.185 e. The van der Waals surface area contributed by atoms with Crippen LogP contribution in [-0.2, 0) is 6.54 Å². The van der Waals surface area contributed by atoms with E-state index in [-0.39, 0.29) is 0 Å². The SMILES string of the molecule is CCN(c1nc(CNC(C)C)cs1)C(C)CN(C)C. The molecule has 110 valence electrons. The molecule has 1 atom stereocenters. The highest BCUT2D eigenvalue weighted by Gasteiger charge is 2.16. The molecule has 0 fully saturated rings. The first-order valence-corrected chi connectivity index (χ1v) is 7.91. The van der Waals surface area contributed by atoms with Crippen molar-refractivity contribution in [1.82, 2.24) is 15.2 Å². The Hall–Kier alpha value is -0.650. The molecular weight excluding hydrogens is 256 g/mol. The third kappa shape index (κ3) is 5.47. The molecule has 1 heterocycles. The van der Waals surface area contributed by atoms with Crippen LogP contribution in [0.15, 0.2) is 5.38 Å². The van der Waals surface area contributed by atoms with Crippen LogP contribution in [0.3, 0.4) is 0 Å². The number of nitrogens with one attached hydrogen (secondary N) is 1. The molecule has 0 aliphatic carbocycles. The highest BCUT2D eigenvalue weighted by Crippen LogP contribution is 2.22. The summed E-state index contributed by atoms with van der Waals surface area (Å²) in [6, 6.07) is 0.983. The van der Waals surface area contributed by atoms with Crippen LogP contribution in [0.25, 0.3) is 0 Å². The second-order valence-electron chi connectivity index (χ2n) is 5.55. The minimum absolute atomic E-state index is 0.483. The lowest BCUT2D eigenvalue weighted by molar-refractivity contribution is 0.373. The quantitative estimate of drug-likeness (QED) is 0.794. The number of likely N-dealkylation sites (N-methyl/N-ethyl adjacent to an activating group) is 2. The molecular formula is C14H28N4S. The second kappa shape index (κ2) is 7.82. The van der Waals surface area contributed by atoms with Gasteiger partial charge in [0, 0.05) is 37.1 Å². The van der Waals surface area contributed by atoms with E-state index in [0.29, 0.717) is 12.1 Å². The first-order valence-electron chi connectivity index (χ1n) is 7.03. The van der Waals surface area contributed by atoms with Gasteiger partial charge in [-0.2, -0.15) is 0 Å². The van der Waals surface area contributed by atoms with Crippen LogP contribution in [0.1, 0.15) is 33.4 Å². The largest absolute Gasteiger partial charge is 0.344 e. The summed E-state index contributed by atoms with van der Waals surface area (Å²) < 4.78 is 0. The second-order valence-corrected chi connectivity index (χ2v) is 6.39. The Balaban J connectivity index is 2.66. The molecule has 0 radical (unpaired) electrons. The summed E-state index contributed by atoms with van der Waals surface area (Å²) in [5.41, 5.74) is 1.14. The average molecular weight is 284 g/mol. The average Bonchev–Trinajstić information content (AvgIpc) is 2.75. The molecule has 0 aromatic carbocycles. The third-order valence-electron chi connectivity index (χ3n) is 2.98. The topological polar surface area (TPSA) is 31.4 Å². The van der Waals surface area contributed by atoms with Gasteiger partial charge in [-0.15, -0.1) is 11.3 Å². The van der Waals surface area contributed by atoms with E-state index >= 15 is 0 Å². The first-order chi connectivity index (χ1) is 8.93. The molecule has 0 saturated carbocycles. The predicted octanol–water partition coefficient (Wildman–Crippen LogP) is 2.42. The molecule has 4 nitrogen and oxygen atoms in total. The number of nitrogens with zero attached hydrogens (tertiary/aromatic N) is 3. The van der Waals surface area contributed by atoms with Crippen LogP contribution in [0.5, 0.6) is 0 Å². The van der Waals surface area contributed by atoms with Crippen molar-refractivity contribution in [2.24, 2.45) is 0 Å². The monoisotopic (exact) mass is 284 g/mol. The van der Waals surface area contributed by atoms with E-state index in [1.54, 1.807) is 11.3 Å². The fourth-order valence-corrected chi connectivity index (χ4v) is 3.07. The van der Waals surface area contributed by atoms with Crippen molar-refractivity contribution in [3.63, 3.8) is 0 Å². The fourth-order valence-electron chi connectivity index (χ4n) is 2.08. The Morgan fingerprint density at radius 3 is 2.53 bits per heavy atom. The molecule has 0 spiro atoms. The predicted molar refractivity (Wildman–Crippen MR) is 85.1 cm³/mol. The van der Waals surface area contributed by atoms with Gasteiger partial charge in [0.25, 0.3) is 0 Å². The summed E-state index contributed by atoms with van der Waals surface area (Å²) in [6.45, 7) is 11.7. The summed E-state index contributed by atoms with van der Waals surface area (Å²) in [5, 5.41) is 6.71. The molecule has 0 aliphatic heterocycles. The summed E-state index contributed by atoms with van der Waals surface area (Å²) in [5.74, 6) is 0. The lowest BCUT2D eigenvalue weighted by Gasteiger charge is -2.29. The van der Waals surface area contributed by atoms with Crippen LogP contribution in [-0.4, -0.2) is 49.2 Å². The molecule has 19 heavy (non-hydrogen) atoms. The van der Waals surface area contributed by atoms with Gasteiger partial charge < -0.3 is 15.1 Å². The van der Waals surface area contributed by atoms with Gasteiger partial charge >= 0.3 is 0 Å². The Bertz CT molecular complexity index is 362. The maximum Gasteiger partial charge on any atom is 0.185 e. The molecule has 1 N–H and O–H groups in total. The van der Waals surface area contributed by atoms with E-state index in [1.165, 1.54) is 0 Å². The lowest BCUT2D eigenvalue weighted by Crippen LogP contribution is -2.40. The van der Waals surface area contributed by atoms with Gasteiger partial charge in [-0.1, -0.05) is 13.8 Å². The maximum absolute atomic E-state index is 4.75. The minimum atomic E-state index is 0.483. The van der Waals surface area contributed by atoms with Crippen LogP contribution in [0, 0.1) is 0 Å². The van der Waals surface area contributed by atoms with Gasteiger partial charge in [-0.25, -0.2) is 4.98 Å². The zero-order chi connectivity index (χ0) is 14.4. The summed E-state index contributed by atoms with van der Waals surface area (Å²) in [4.78, 5) is 9.35. The standard InChI is InChI=1S/C14H28N4S/c1-7-18(12(4)9-17(5)6)14-16-13(10-19-14)8-15-11(2)3/h10-12,15H,7-9H2,1-6H3. The van der Waals surface area contributed by atoms with E-state index in [0.717, 1.165) is 30.5 Å². The number of thiazole rings is 1.